The molecule has 2 fully saturated rings. The standard InChI is InChI=1S/C14H19F2N3/c15-11-6-13(16)14(18-7-11)19(8-10-3-4-10)9-12-2-1-5-17-12/h6-7,10,12,17H,1-5,8-9H2. The van der Waals surface area contributed by atoms with Gasteiger partial charge in [-0.2, -0.15) is 0 Å². The summed E-state index contributed by atoms with van der Waals surface area (Å²) >= 11 is 0. The zero-order chi connectivity index (χ0) is 13.2. The van der Waals surface area contributed by atoms with Gasteiger partial charge in [-0.25, -0.2) is 13.8 Å². The molecule has 5 heteroatoms. The van der Waals surface area contributed by atoms with Crippen LogP contribution in [0.3, 0.4) is 0 Å². The summed E-state index contributed by atoms with van der Waals surface area (Å²) in [5.41, 5.74) is 0. The van der Waals surface area contributed by atoms with E-state index < -0.39 is 11.6 Å². The number of hydrogen-bond acceptors (Lipinski definition) is 3. The van der Waals surface area contributed by atoms with Crippen molar-refractivity contribution < 1.29 is 8.78 Å². The maximum atomic E-state index is 13.9. The summed E-state index contributed by atoms with van der Waals surface area (Å²) in [4.78, 5) is 5.93. The number of anilines is 1. The SMILES string of the molecule is Fc1cnc(N(CC2CC2)CC2CCCN2)c(F)c1. The maximum absolute atomic E-state index is 13.9. The van der Waals surface area contributed by atoms with Gasteiger partial charge in [0.1, 0.15) is 5.82 Å². The number of rotatable bonds is 5. The third-order valence-corrected chi connectivity index (χ3v) is 3.87. The summed E-state index contributed by atoms with van der Waals surface area (Å²) < 4.78 is 26.8. The van der Waals surface area contributed by atoms with Crippen LogP contribution in [-0.4, -0.2) is 30.7 Å². The van der Waals surface area contributed by atoms with Gasteiger partial charge >= 0.3 is 0 Å². The molecule has 1 atom stereocenters. The van der Waals surface area contributed by atoms with Gasteiger partial charge in [0.05, 0.1) is 6.20 Å². The van der Waals surface area contributed by atoms with Crippen LogP contribution in [0, 0.1) is 17.6 Å². The second-order valence-electron chi connectivity index (χ2n) is 5.60. The fourth-order valence-electron chi connectivity index (χ4n) is 2.68. The van der Waals surface area contributed by atoms with Crippen molar-refractivity contribution in [2.24, 2.45) is 5.92 Å². The fourth-order valence-corrected chi connectivity index (χ4v) is 2.68. The van der Waals surface area contributed by atoms with Crippen LogP contribution in [0.25, 0.3) is 0 Å². The second kappa shape index (κ2) is 5.41. The van der Waals surface area contributed by atoms with Crippen LogP contribution in [0.15, 0.2) is 12.3 Å². The topological polar surface area (TPSA) is 28.2 Å². The molecule has 3 nitrogen and oxygen atoms in total. The summed E-state index contributed by atoms with van der Waals surface area (Å²) in [5.74, 6) is -0.236. The second-order valence-corrected chi connectivity index (χ2v) is 5.60. The van der Waals surface area contributed by atoms with Crippen molar-refractivity contribution in [1.29, 1.82) is 0 Å². The van der Waals surface area contributed by atoms with E-state index in [0.29, 0.717) is 17.8 Å². The molecule has 0 aromatic carbocycles. The quantitative estimate of drug-likeness (QED) is 0.887. The average molecular weight is 267 g/mol. The third-order valence-electron chi connectivity index (χ3n) is 3.87. The van der Waals surface area contributed by atoms with Crippen molar-refractivity contribution in [3.63, 3.8) is 0 Å². The van der Waals surface area contributed by atoms with Crippen LogP contribution in [0.5, 0.6) is 0 Å². The van der Waals surface area contributed by atoms with E-state index in [4.69, 9.17) is 0 Å². The van der Waals surface area contributed by atoms with Crippen molar-refractivity contribution in [1.82, 2.24) is 10.3 Å². The van der Waals surface area contributed by atoms with Gasteiger partial charge in [-0.15, -0.1) is 0 Å². The van der Waals surface area contributed by atoms with Crippen molar-refractivity contribution >= 4 is 5.82 Å². The molecule has 1 aromatic heterocycles. The Morgan fingerprint density at radius 2 is 2.11 bits per heavy atom. The molecule has 1 saturated carbocycles. The molecule has 3 rings (SSSR count). The highest BCUT2D eigenvalue weighted by Gasteiger charge is 2.28. The molecule has 1 aliphatic carbocycles. The lowest BCUT2D eigenvalue weighted by molar-refractivity contribution is 0.537. The Balaban J connectivity index is 1.75. The van der Waals surface area contributed by atoms with Crippen molar-refractivity contribution in [2.75, 3.05) is 24.5 Å². The van der Waals surface area contributed by atoms with E-state index in [0.717, 1.165) is 38.3 Å². The highest BCUT2D eigenvalue weighted by atomic mass is 19.1. The number of aromatic nitrogens is 1. The number of halogens is 2. The summed E-state index contributed by atoms with van der Waals surface area (Å²) in [7, 11) is 0. The van der Waals surface area contributed by atoms with Crippen LogP contribution in [0.4, 0.5) is 14.6 Å². The minimum absolute atomic E-state index is 0.294. The monoisotopic (exact) mass is 267 g/mol. The lowest BCUT2D eigenvalue weighted by Crippen LogP contribution is -2.39. The Morgan fingerprint density at radius 3 is 2.74 bits per heavy atom. The van der Waals surface area contributed by atoms with Gasteiger partial charge < -0.3 is 10.2 Å². The minimum Gasteiger partial charge on any atom is -0.352 e. The molecule has 1 N–H and O–H groups in total. The van der Waals surface area contributed by atoms with E-state index in [-0.39, 0.29) is 0 Å². The normalized spacial score (nSPS) is 22.7. The molecule has 1 aromatic rings. The first kappa shape index (κ1) is 12.8. The van der Waals surface area contributed by atoms with Crippen LogP contribution < -0.4 is 10.2 Å². The van der Waals surface area contributed by atoms with Crippen LogP contribution in [0.2, 0.25) is 0 Å². The van der Waals surface area contributed by atoms with Gasteiger partial charge in [0.25, 0.3) is 0 Å². The predicted octanol–water partition coefficient (Wildman–Crippen LogP) is 2.33. The molecule has 1 saturated heterocycles. The molecule has 104 valence electrons. The van der Waals surface area contributed by atoms with Gasteiger partial charge in [-0.3, -0.25) is 0 Å². The van der Waals surface area contributed by atoms with Gasteiger partial charge in [0, 0.05) is 25.2 Å². The molecule has 1 aliphatic heterocycles. The molecule has 1 unspecified atom stereocenters. The molecule has 19 heavy (non-hydrogen) atoms. The van der Waals surface area contributed by atoms with E-state index in [1.54, 1.807) is 0 Å². The van der Waals surface area contributed by atoms with Crippen molar-refractivity contribution in [2.45, 2.75) is 31.7 Å². The molecule has 0 radical (unpaired) electrons. The fraction of sp³-hybridized carbons (Fsp3) is 0.643. The lowest BCUT2D eigenvalue weighted by Gasteiger charge is -2.27. The highest BCUT2D eigenvalue weighted by molar-refractivity contribution is 5.40. The number of hydrogen-bond donors (Lipinski definition) is 1. The predicted molar refractivity (Wildman–Crippen MR) is 70.1 cm³/mol. The van der Waals surface area contributed by atoms with E-state index in [2.05, 4.69) is 10.3 Å². The Labute approximate surface area is 112 Å². The first-order valence-electron chi connectivity index (χ1n) is 7.02. The zero-order valence-electron chi connectivity index (χ0n) is 10.9. The summed E-state index contributed by atoms with van der Waals surface area (Å²) in [6.07, 6.45) is 5.79. The van der Waals surface area contributed by atoms with E-state index in [1.165, 1.54) is 19.3 Å². The highest BCUT2D eigenvalue weighted by Crippen LogP contribution is 2.32. The first-order chi connectivity index (χ1) is 9.22. The molecule has 0 amide bonds. The number of nitrogens with zero attached hydrogens (tertiary/aromatic N) is 2. The van der Waals surface area contributed by atoms with Crippen LogP contribution in [0.1, 0.15) is 25.7 Å². The summed E-state index contributed by atoms with van der Waals surface area (Å²) in [6, 6.07) is 1.31. The van der Waals surface area contributed by atoms with E-state index in [9.17, 15) is 8.78 Å². The molecule has 2 aliphatic rings. The molecule has 0 spiro atoms. The number of nitrogens with one attached hydrogen (secondary N) is 1. The van der Waals surface area contributed by atoms with Crippen molar-refractivity contribution in [3.8, 4) is 0 Å². The molecule has 2 heterocycles. The maximum Gasteiger partial charge on any atom is 0.168 e. The smallest absolute Gasteiger partial charge is 0.168 e. The van der Waals surface area contributed by atoms with Gasteiger partial charge in [0.2, 0.25) is 0 Å². The number of pyridine rings is 1. The Kier molecular flexibility index (Phi) is 3.64. The van der Waals surface area contributed by atoms with Gasteiger partial charge in [0.15, 0.2) is 11.6 Å². The Morgan fingerprint density at radius 1 is 1.26 bits per heavy atom. The molecular weight excluding hydrogens is 248 g/mol. The minimum atomic E-state index is -0.619. The largest absolute Gasteiger partial charge is 0.352 e. The summed E-state index contributed by atoms with van der Waals surface area (Å²) in [6.45, 7) is 2.61. The van der Waals surface area contributed by atoms with E-state index >= 15 is 0 Å². The van der Waals surface area contributed by atoms with Crippen molar-refractivity contribution in [3.05, 3.63) is 23.9 Å². The molecule has 0 bridgehead atoms. The van der Waals surface area contributed by atoms with Gasteiger partial charge in [-0.05, 0) is 38.1 Å². The van der Waals surface area contributed by atoms with E-state index in [1.807, 2.05) is 4.90 Å². The summed E-state index contributed by atoms with van der Waals surface area (Å²) in [5, 5.41) is 3.42. The van der Waals surface area contributed by atoms with Gasteiger partial charge in [-0.1, -0.05) is 0 Å². The van der Waals surface area contributed by atoms with Crippen LogP contribution >= 0.6 is 0 Å². The third kappa shape index (κ3) is 3.21. The first-order valence-corrected chi connectivity index (χ1v) is 7.02. The Hall–Kier alpha value is -1.23. The Bertz CT molecular complexity index is 442. The lowest BCUT2D eigenvalue weighted by atomic mass is 10.2. The zero-order valence-corrected chi connectivity index (χ0v) is 10.9. The average Bonchev–Trinajstić information content (AvgIpc) is 3.03. The molecular formula is C14H19F2N3. The van der Waals surface area contributed by atoms with Crippen LogP contribution in [-0.2, 0) is 0 Å².